The SMILES string of the molecule is CC1(CCO)Oc2ccc(Nc3nc(Cl)ncc3F)cc2NC1=O. The number of nitrogens with zero attached hydrogens (tertiary/aromatic N) is 2. The Balaban J connectivity index is 1.87. The molecule has 3 rings (SSSR count). The summed E-state index contributed by atoms with van der Waals surface area (Å²) in [7, 11) is 0. The molecule has 0 aliphatic carbocycles. The highest BCUT2D eigenvalue weighted by molar-refractivity contribution is 6.28. The highest BCUT2D eigenvalue weighted by Gasteiger charge is 2.39. The van der Waals surface area contributed by atoms with E-state index in [0.717, 1.165) is 6.20 Å². The minimum absolute atomic E-state index is 0.0804. The van der Waals surface area contributed by atoms with E-state index in [4.69, 9.17) is 21.4 Å². The summed E-state index contributed by atoms with van der Waals surface area (Å²) in [4.78, 5) is 19.5. The number of benzene rings is 1. The predicted molar refractivity (Wildman–Crippen MR) is 86.1 cm³/mol. The maximum Gasteiger partial charge on any atom is 0.268 e. The molecule has 3 N–H and O–H groups in total. The number of carbonyl (C=O) groups is 1. The smallest absolute Gasteiger partial charge is 0.268 e. The standard InChI is InChI=1S/C15H14ClFN4O3/c1-15(4-5-22)13(23)20-10-6-8(2-3-11(10)24-15)19-12-9(17)7-18-14(16)21-12/h2-3,6-7,22H,4-5H2,1H3,(H,20,23)(H,18,19,21). The Morgan fingerprint density at radius 3 is 3.04 bits per heavy atom. The highest BCUT2D eigenvalue weighted by Crippen LogP contribution is 2.37. The first kappa shape index (κ1) is 16.4. The monoisotopic (exact) mass is 352 g/mol. The van der Waals surface area contributed by atoms with Crippen molar-refractivity contribution in [1.29, 1.82) is 0 Å². The maximum absolute atomic E-state index is 13.7. The largest absolute Gasteiger partial charge is 0.475 e. The van der Waals surface area contributed by atoms with Gasteiger partial charge >= 0.3 is 0 Å². The molecule has 126 valence electrons. The van der Waals surface area contributed by atoms with Crippen LogP contribution in [-0.4, -0.2) is 33.2 Å². The predicted octanol–water partition coefficient (Wildman–Crippen LogP) is 2.48. The fourth-order valence-electron chi connectivity index (χ4n) is 2.29. The average molecular weight is 353 g/mol. The van der Waals surface area contributed by atoms with Crippen LogP contribution in [0.15, 0.2) is 24.4 Å². The first-order valence-electron chi connectivity index (χ1n) is 7.12. The summed E-state index contributed by atoms with van der Waals surface area (Å²) in [5.41, 5.74) is -0.221. The molecular weight excluding hydrogens is 339 g/mol. The summed E-state index contributed by atoms with van der Waals surface area (Å²) in [6, 6.07) is 4.86. The van der Waals surface area contributed by atoms with E-state index in [1.54, 1.807) is 25.1 Å². The van der Waals surface area contributed by atoms with Gasteiger partial charge in [-0.05, 0) is 36.7 Å². The summed E-state index contributed by atoms with van der Waals surface area (Å²) in [6.45, 7) is 1.43. The molecular formula is C15H14ClFN4O3. The highest BCUT2D eigenvalue weighted by atomic mass is 35.5. The minimum atomic E-state index is -1.14. The number of amides is 1. The molecule has 0 saturated heterocycles. The van der Waals surface area contributed by atoms with Crippen molar-refractivity contribution in [2.75, 3.05) is 17.2 Å². The zero-order chi connectivity index (χ0) is 17.3. The molecule has 2 heterocycles. The van der Waals surface area contributed by atoms with E-state index < -0.39 is 11.4 Å². The Bertz CT molecular complexity index is 804. The molecule has 1 aliphatic heterocycles. The quantitative estimate of drug-likeness (QED) is 0.731. The number of anilines is 3. The molecule has 1 aliphatic rings. The summed E-state index contributed by atoms with van der Waals surface area (Å²) in [5, 5.41) is 14.5. The van der Waals surface area contributed by atoms with Crippen molar-refractivity contribution >= 4 is 34.7 Å². The summed E-state index contributed by atoms with van der Waals surface area (Å²) in [6.07, 6.45) is 1.13. The van der Waals surface area contributed by atoms with E-state index in [1.165, 1.54) is 0 Å². The summed E-state index contributed by atoms with van der Waals surface area (Å²) < 4.78 is 19.4. The Morgan fingerprint density at radius 2 is 2.29 bits per heavy atom. The van der Waals surface area contributed by atoms with Crippen LogP contribution in [0.4, 0.5) is 21.6 Å². The molecule has 24 heavy (non-hydrogen) atoms. The molecule has 0 fully saturated rings. The molecule has 1 aromatic heterocycles. The molecule has 0 saturated carbocycles. The average Bonchev–Trinajstić information content (AvgIpc) is 2.53. The van der Waals surface area contributed by atoms with Crippen molar-refractivity contribution in [2.45, 2.75) is 18.9 Å². The molecule has 1 atom stereocenters. The number of ether oxygens (including phenoxy) is 1. The van der Waals surface area contributed by atoms with E-state index >= 15 is 0 Å². The number of fused-ring (bicyclic) bond motifs is 1. The third-order valence-electron chi connectivity index (χ3n) is 3.61. The topological polar surface area (TPSA) is 96.4 Å². The van der Waals surface area contributed by atoms with E-state index in [1.807, 2.05) is 0 Å². The van der Waals surface area contributed by atoms with Crippen LogP contribution in [0.1, 0.15) is 13.3 Å². The molecule has 2 aromatic rings. The number of aromatic nitrogens is 2. The fourth-order valence-corrected chi connectivity index (χ4v) is 2.42. The molecule has 0 radical (unpaired) electrons. The number of aliphatic hydroxyl groups is 1. The number of hydrogen-bond acceptors (Lipinski definition) is 6. The Morgan fingerprint density at radius 1 is 1.50 bits per heavy atom. The molecule has 9 heteroatoms. The lowest BCUT2D eigenvalue weighted by Crippen LogP contribution is -2.49. The third kappa shape index (κ3) is 3.10. The Kier molecular flexibility index (Phi) is 4.25. The van der Waals surface area contributed by atoms with Gasteiger partial charge in [0.05, 0.1) is 11.9 Å². The number of nitrogens with one attached hydrogen (secondary N) is 2. The van der Waals surface area contributed by atoms with Gasteiger partial charge in [0.1, 0.15) is 5.75 Å². The van der Waals surface area contributed by atoms with E-state index in [0.29, 0.717) is 17.1 Å². The molecule has 7 nitrogen and oxygen atoms in total. The van der Waals surface area contributed by atoms with Crippen LogP contribution < -0.4 is 15.4 Å². The summed E-state index contributed by atoms with van der Waals surface area (Å²) >= 11 is 5.65. The van der Waals surface area contributed by atoms with Gasteiger partial charge in [0.25, 0.3) is 5.91 Å². The van der Waals surface area contributed by atoms with Gasteiger partial charge in [0.2, 0.25) is 5.28 Å². The maximum atomic E-state index is 13.7. The second-order valence-electron chi connectivity index (χ2n) is 5.43. The summed E-state index contributed by atoms with van der Waals surface area (Å²) in [5.74, 6) is -0.647. The van der Waals surface area contributed by atoms with Crippen molar-refractivity contribution in [3.05, 3.63) is 35.5 Å². The second kappa shape index (κ2) is 6.21. The van der Waals surface area contributed by atoms with Gasteiger partial charge in [-0.15, -0.1) is 0 Å². The van der Waals surface area contributed by atoms with Crippen LogP contribution in [0, 0.1) is 5.82 Å². The molecule has 0 bridgehead atoms. The van der Waals surface area contributed by atoms with Gasteiger partial charge in [0, 0.05) is 18.7 Å². The first-order chi connectivity index (χ1) is 11.4. The lowest BCUT2D eigenvalue weighted by molar-refractivity contribution is -0.132. The van der Waals surface area contributed by atoms with Crippen LogP contribution >= 0.6 is 11.6 Å². The van der Waals surface area contributed by atoms with Gasteiger partial charge in [0.15, 0.2) is 17.2 Å². The van der Waals surface area contributed by atoms with Crippen molar-refractivity contribution < 1.29 is 19.0 Å². The minimum Gasteiger partial charge on any atom is -0.475 e. The van der Waals surface area contributed by atoms with E-state index in [-0.39, 0.29) is 30.0 Å². The van der Waals surface area contributed by atoms with Crippen LogP contribution in [0.25, 0.3) is 0 Å². The lowest BCUT2D eigenvalue weighted by atomic mass is 9.99. The molecule has 1 amide bonds. The number of halogens is 2. The van der Waals surface area contributed by atoms with Crippen molar-refractivity contribution in [3.8, 4) is 5.75 Å². The van der Waals surface area contributed by atoms with Crippen molar-refractivity contribution in [2.24, 2.45) is 0 Å². The van der Waals surface area contributed by atoms with Crippen LogP contribution in [-0.2, 0) is 4.79 Å². The van der Waals surface area contributed by atoms with E-state index in [2.05, 4.69) is 20.6 Å². The lowest BCUT2D eigenvalue weighted by Gasteiger charge is -2.34. The van der Waals surface area contributed by atoms with Gasteiger partial charge in [-0.2, -0.15) is 4.98 Å². The van der Waals surface area contributed by atoms with Gasteiger partial charge in [-0.3, -0.25) is 4.79 Å². The fraction of sp³-hybridized carbons (Fsp3) is 0.267. The third-order valence-corrected chi connectivity index (χ3v) is 3.79. The second-order valence-corrected chi connectivity index (χ2v) is 5.77. The first-order valence-corrected chi connectivity index (χ1v) is 7.49. The van der Waals surface area contributed by atoms with Crippen molar-refractivity contribution in [1.82, 2.24) is 9.97 Å². The zero-order valence-electron chi connectivity index (χ0n) is 12.6. The van der Waals surface area contributed by atoms with Crippen molar-refractivity contribution in [3.63, 3.8) is 0 Å². The molecule has 1 aromatic carbocycles. The number of aliphatic hydroxyl groups excluding tert-OH is 1. The number of carbonyl (C=O) groups excluding carboxylic acids is 1. The molecule has 0 spiro atoms. The Hall–Kier alpha value is -2.45. The number of hydrogen-bond donors (Lipinski definition) is 3. The van der Waals surface area contributed by atoms with Crippen LogP contribution in [0.5, 0.6) is 5.75 Å². The Labute approximate surface area is 141 Å². The zero-order valence-corrected chi connectivity index (χ0v) is 13.4. The van der Waals surface area contributed by atoms with Crippen LogP contribution in [0.3, 0.4) is 0 Å². The molecule has 1 unspecified atom stereocenters. The van der Waals surface area contributed by atoms with E-state index in [9.17, 15) is 9.18 Å². The van der Waals surface area contributed by atoms with Gasteiger partial charge in [-0.25, -0.2) is 9.37 Å². The van der Waals surface area contributed by atoms with Crippen LogP contribution in [0.2, 0.25) is 5.28 Å². The van der Waals surface area contributed by atoms with Gasteiger partial charge < -0.3 is 20.5 Å². The number of rotatable bonds is 4. The normalized spacial score (nSPS) is 19.2. The van der Waals surface area contributed by atoms with Gasteiger partial charge in [-0.1, -0.05) is 0 Å².